The number of primary amides is 1. The zero-order valence-corrected chi connectivity index (χ0v) is 18.7. The van der Waals surface area contributed by atoms with Crippen LogP contribution in [0.15, 0.2) is 24.9 Å². The monoisotopic (exact) mass is 467 g/mol. The van der Waals surface area contributed by atoms with Gasteiger partial charge in [0.25, 0.3) is 5.91 Å². The molecule has 4 heterocycles. The van der Waals surface area contributed by atoms with Crippen LogP contribution >= 0.6 is 0 Å². The topological polar surface area (TPSA) is 129 Å². The molecular formula is C22H23F2N9O. The smallest absolute Gasteiger partial charge is 0.271 e. The maximum Gasteiger partial charge on any atom is 0.271 e. The van der Waals surface area contributed by atoms with Crippen LogP contribution in [0.25, 0.3) is 22.3 Å². The summed E-state index contributed by atoms with van der Waals surface area (Å²) < 4.78 is 28.5. The molecule has 34 heavy (non-hydrogen) atoms. The number of aromatic nitrogens is 7. The Labute approximate surface area is 193 Å². The summed E-state index contributed by atoms with van der Waals surface area (Å²) in [6.07, 6.45) is 5.86. The molecule has 0 spiro atoms. The SMILES string of the molecule is Cc1nn(CCC(F)F)cc1Nc1nc(C2CC2)c(-c2cncc3c2ncn3C)nc1C(N)=O. The molecule has 5 rings (SSSR count). The molecular weight excluding hydrogens is 444 g/mol. The van der Waals surface area contributed by atoms with E-state index in [9.17, 15) is 13.6 Å². The lowest BCUT2D eigenvalue weighted by atomic mass is 10.1. The summed E-state index contributed by atoms with van der Waals surface area (Å²) >= 11 is 0. The molecule has 1 amide bonds. The first kappa shape index (κ1) is 21.9. The zero-order chi connectivity index (χ0) is 24.0. The van der Waals surface area contributed by atoms with Crippen molar-refractivity contribution in [2.24, 2.45) is 12.8 Å². The molecule has 12 heteroatoms. The number of amides is 1. The molecule has 1 aliphatic rings. The number of fused-ring (bicyclic) bond motifs is 1. The molecule has 1 fully saturated rings. The number of imidazole rings is 1. The van der Waals surface area contributed by atoms with E-state index in [0.29, 0.717) is 28.2 Å². The largest absolute Gasteiger partial charge is 0.364 e. The quantitative estimate of drug-likeness (QED) is 0.407. The number of nitrogens with one attached hydrogen (secondary N) is 1. The number of rotatable bonds is 8. The first-order chi connectivity index (χ1) is 16.3. The Morgan fingerprint density at radius 2 is 2.09 bits per heavy atom. The third kappa shape index (κ3) is 4.06. The Hall–Kier alpha value is -3.96. The van der Waals surface area contributed by atoms with Crippen LogP contribution in [0.2, 0.25) is 0 Å². The van der Waals surface area contributed by atoms with Crippen molar-refractivity contribution in [3.05, 3.63) is 42.0 Å². The summed E-state index contributed by atoms with van der Waals surface area (Å²) in [7, 11) is 1.87. The molecule has 4 aromatic rings. The summed E-state index contributed by atoms with van der Waals surface area (Å²) in [5.41, 5.74) is 10.2. The maximum atomic E-state index is 12.6. The lowest BCUT2D eigenvalue weighted by Crippen LogP contribution is -2.18. The summed E-state index contributed by atoms with van der Waals surface area (Å²) in [5.74, 6) is -0.350. The van der Waals surface area contributed by atoms with Gasteiger partial charge in [0.15, 0.2) is 11.5 Å². The summed E-state index contributed by atoms with van der Waals surface area (Å²) in [6.45, 7) is 1.81. The van der Waals surface area contributed by atoms with Crippen molar-refractivity contribution < 1.29 is 13.6 Å². The van der Waals surface area contributed by atoms with E-state index in [1.165, 1.54) is 4.68 Å². The van der Waals surface area contributed by atoms with Crippen molar-refractivity contribution in [3.63, 3.8) is 0 Å². The fraction of sp³-hybridized carbons (Fsp3) is 0.364. The van der Waals surface area contributed by atoms with Gasteiger partial charge in [-0.2, -0.15) is 5.10 Å². The molecule has 0 radical (unpaired) electrons. The second-order valence-electron chi connectivity index (χ2n) is 8.40. The lowest BCUT2D eigenvalue weighted by Gasteiger charge is -2.14. The van der Waals surface area contributed by atoms with Crippen LogP contribution in [0.4, 0.5) is 20.3 Å². The van der Waals surface area contributed by atoms with E-state index in [-0.39, 0.29) is 30.4 Å². The van der Waals surface area contributed by atoms with E-state index in [1.54, 1.807) is 31.8 Å². The van der Waals surface area contributed by atoms with Gasteiger partial charge in [-0.05, 0) is 19.8 Å². The average Bonchev–Trinajstić information content (AvgIpc) is 3.50. The second kappa shape index (κ2) is 8.43. The minimum absolute atomic E-state index is 0.0351. The number of nitrogens with zero attached hydrogens (tertiary/aromatic N) is 7. The Balaban J connectivity index is 1.59. The van der Waals surface area contributed by atoms with Crippen LogP contribution in [0.1, 0.15) is 47.1 Å². The summed E-state index contributed by atoms with van der Waals surface area (Å²) in [5, 5.41) is 7.35. The molecule has 0 aromatic carbocycles. The third-order valence-corrected chi connectivity index (χ3v) is 5.79. The van der Waals surface area contributed by atoms with Crippen LogP contribution in [-0.2, 0) is 13.6 Å². The third-order valence-electron chi connectivity index (χ3n) is 5.79. The van der Waals surface area contributed by atoms with Crippen LogP contribution in [0.3, 0.4) is 0 Å². The molecule has 4 aromatic heterocycles. The number of halogens is 2. The Kier molecular flexibility index (Phi) is 5.42. The average molecular weight is 467 g/mol. The van der Waals surface area contributed by atoms with Crippen molar-refractivity contribution in [2.75, 3.05) is 5.32 Å². The van der Waals surface area contributed by atoms with Crippen molar-refractivity contribution in [1.82, 2.24) is 34.3 Å². The number of carbonyl (C=O) groups is 1. The van der Waals surface area contributed by atoms with E-state index < -0.39 is 12.3 Å². The molecule has 1 aliphatic carbocycles. The minimum atomic E-state index is -2.42. The van der Waals surface area contributed by atoms with Gasteiger partial charge in [-0.3, -0.25) is 14.5 Å². The number of anilines is 2. The number of alkyl halides is 2. The number of carbonyl (C=O) groups excluding carboxylic acids is 1. The maximum absolute atomic E-state index is 12.6. The van der Waals surface area contributed by atoms with Gasteiger partial charge in [0, 0.05) is 43.9 Å². The summed E-state index contributed by atoms with van der Waals surface area (Å²) in [4.78, 5) is 30.6. The Morgan fingerprint density at radius 1 is 1.29 bits per heavy atom. The van der Waals surface area contributed by atoms with Gasteiger partial charge in [-0.1, -0.05) is 0 Å². The van der Waals surface area contributed by atoms with Crippen molar-refractivity contribution in [3.8, 4) is 11.3 Å². The van der Waals surface area contributed by atoms with Crippen molar-refractivity contribution >= 4 is 28.4 Å². The van der Waals surface area contributed by atoms with E-state index in [4.69, 9.17) is 10.7 Å². The predicted molar refractivity (Wildman–Crippen MR) is 121 cm³/mol. The molecule has 10 nitrogen and oxygen atoms in total. The molecule has 0 saturated heterocycles. The molecule has 0 aliphatic heterocycles. The molecule has 3 N–H and O–H groups in total. The highest BCUT2D eigenvalue weighted by molar-refractivity contribution is 5.98. The van der Waals surface area contributed by atoms with Gasteiger partial charge >= 0.3 is 0 Å². The van der Waals surface area contributed by atoms with Crippen LogP contribution in [-0.4, -0.2) is 46.6 Å². The standard InChI is InChI=1S/C22H23F2N9O/c1-11-14(9-33(31-11)6-5-16(23)24)28-22-20(21(25)34)29-19(17(30-22)12-3-4-12)13-7-26-8-15-18(13)27-10-32(15)2/h7-10,12,16H,3-6H2,1-2H3,(H2,25,34)(H,28,30). The van der Waals surface area contributed by atoms with E-state index in [0.717, 1.165) is 24.1 Å². The zero-order valence-electron chi connectivity index (χ0n) is 18.7. The number of pyridine rings is 1. The number of nitrogens with two attached hydrogens (primary N) is 1. The fourth-order valence-electron chi connectivity index (χ4n) is 3.88. The molecule has 0 atom stereocenters. The highest BCUT2D eigenvalue weighted by atomic mass is 19.3. The first-order valence-corrected chi connectivity index (χ1v) is 10.9. The van der Waals surface area contributed by atoms with Gasteiger partial charge in [0.1, 0.15) is 5.52 Å². The first-order valence-electron chi connectivity index (χ1n) is 10.9. The molecule has 1 saturated carbocycles. The minimum Gasteiger partial charge on any atom is -0.364 e. The number of aryl methyl sites for hydroxylation is 3. The van der Waals surface area contributed by atoms with Gasteiger partial charge in [0.2, 0.25) is 6.43 Å². The molecule has 0 bridgehead atoms. The normalized spacial score (nSPS) is 13.7. The number of hydrogen-bond acceptors (Lipinski definition) is 7. The molecule has 176 valence electrons. The highest BCUT2D eigenvalue weighted by Gasteiger charge is 2.32. The van der Waals surface area contributed by atoms with Gasteiger partial charge in [-0.25, -0.2) is 23.7 Å². The van der Waals surface area contributed by atoms with Gasteiger partial charge in [-0.15, -0.1) is 0 Å². The second-order valence-corrected chi connectivity index (χ2v) is 8.40. The summed E-state index contributed by atoms with van der Waals surface area (Å²) in [6, 6.07) is 0. The van der Waals surface area contributed by atoms with Crippen molar-refractivity contribution in [1.29, 1.82) is 0 Å². The van der Waals surface area contributed by atoms with Gasteiger partial charge < -0.3 is 15.6 Å². The predicted octanol–water partition coefficient (Wildman–Crippen LogP) is 3.31. The van der Waals surface area contributed by atoms with E-state index >= 15 is 0 Å². The van der Waals surface area contributed by atoms with Gasteiger partial charge in [0.05, 0.1) is 40.8 Å². The fourth-order valence-corrected chi connectivity index (χ4v) is 3.88. The Bertz CT molecular complexity index is 1390. The van der Waals surface area contributed by atoms with E-state index in [1.807, 2.05) is 11.6 Å². The lowest BCUT2D eigenvalue weighted by molar-refractivity contribution is 0.0996. The van der Waals surface area contributed by atoms with E-state index in [2.05, 4.69) is 25.4 Å². The van der Waals surface area contributed by atoms with Crippen LogP contribution < -0.4 is 11.1 Å². The van der Waals surface area contributed by atoms with Crippen molar-refractivity contribution in [2.45, 2.75) is 45.1 Å². The Morgan fingerprint density at radius 3 is 2.79 bits per heavy atom. The molecule has 0 unspecified atom stereocenters. The highest BCUT2D eigenvalue weighted by Crippen LogP contribution is 2.44. The van der Waals surface area contributed by atoms with Crippen LogP contribution in [0, 0.1) is 6.92 Å². The van der Waals surface area contributed by atoms with Crippen LogP contribution in [0.5, 0.6) is 0 Å². The number of hydrogen-bond donors (Lipinski definition) is 2.